The van der Waals surface area contributed by atoms with Gasteiger partial charge in [0.25, 0.3) is 0 Å². The fourth-order valence-electron chi connectivity index (χ4n) is 6.71. The second-order valence-electron chi connectivity index (χ2n) is 13.0. The highest BCUT2D eigenvalue weighted by molar-refractivity contribution is 6.30. The van der Waals surface area contributed by atoms with E-state index in [4.69, 9.17) is 26.8 Å². The van der Waals surface area contributed by atoms with E-state index in [9.17, 15) is 9.59 Å². The number of carbonyl (C=O) groups is 2. The number of nitrogens with two attached hydrogens (primary N) is 1. The van der Waals surface area contributed by atoms with Gasteiger partial charge in [-0.25, -0.2) is 0 Å². The van der Waals surface area contributed by atoms with Crippen LogP contribution in [0.4, 0.5) is 5.69 Å². The van der Waals surface area contributed by atoms with Gasteiger partial charge in [-0.3, -0.25) is 14.4 Å². The molecule has 1 aromatic heterocycles. The van der Waals surface area contributed by atoms with E-state index in [0.717, 1.165) is 87.6 Å². The highest BCUT2D eigenvalue weighted by Gasteiger charge is 2.32. The number of rotatable bonds is 17. The van der Waals surface area contributed by atoms with E-state index in [1.807, 2.05) is 47.3 Å². The van der Waals surface area contributed by atoms with Gasteiger partial charge in [-0.1, -0.05) is 47.9 Å². The number of allylic oxidation sites excluding steroid dienone is 1. The van der Waals surface area contributed by atoms with E-state index in [2.05, 4.69) is 39.2 Å². The van der Waals surface area contributed by atoms with Crippen LogP contribution >= 0.6 is 11.6 Å². The summed E-state index contributed by atoms with van der Waals surface area (Å²) in [6.45, 7) is 9.43. The number of carbonyl (C=O) groups excluding carboxylic acids is 2. The van der Waals surface area contributed by atoms with Crippen molar-refractivity contribution >= 4 is 35.1 Å². The van der Waals surface area contributed by atoms with Crippen LogP contribution in [-0.4, -0.2) is 84.6 Å². The summed E-state index contributed by atoms with van der Waals surface area (Å²) in [6, 6.07) is 16.0. The molecule has 3 aromatic rings. The second kappa shape index (κ2) is 17.0. The van der Waals surface area contributed by atoms with Crippen molar-refractivity contribution < 1.29 is 19.1 Å². The van der Waals surface area contributed by atoms with Crippen molar-refractivity contribution in [2.24, 2.45) is 11.1 Å². The van der Waals surface area contributed by atoms with Gasteiger partial charge in [0, 0.05) is 55.5 Å². The van der Waals surface area contributed by atoms with E-state index in [1.165, 1.54) is 24.0 Å². The van der Waals surface area contributed by atoms with E-state index in [-0.39, 0.29) is 12.0 Å². The van der Waals surface area contributed by atoms with Gasteiger partial charge in [-0.15, -0.1) is 5.10 Å². The molecule has 1 aliphatic heterocycles. The quantitative estimate of drug-likeness (QED) is 0.151. The third kappa shape index (κ3) is 10.2. The molecule has 10 nitrogen and oxygen atoms in total. The number of halogens is 1. The number of benzene rings is 2. The molecule has 5 rings (SSSR count). The van der Waals surface area contributed by atoms with Crippen LogP contribution in [0.5, 0.6) is 0 Å². The monoisotopic (exact) mass is 662 g/mol. The summed E-state index contributed by atoms with van der Waals surface area (Å²) in [4.78, 5) is 26.8. The Kier molecular flexibility index (Phi) is 12.6. The zero-order chi connectivity index (χ0) is 33.1. The highest BCUT2D eigenvalue weighted by Crippen LogP contribution is 2.46. The molecule has 2 N–H and O–H groups in total. The van der Waals surface area contributed by atoms with E-state index in [0.29, 0.717) is 25.4 Å². The number of aldehydes is 1. The molecule has 1 saturated heterocycles. The predicted octanol–water partition coefficient (Wildman–Crippen LogP) is 5.40. The normalized spacial score (nSPS) is 18.9. The number of anilines is 1. The number of nitrogens with zero attached hydrogens (tertiary/aromatic N) is 5. The largest absolute Gasteiger partial charge is 0.373 e. The smallest absolute Gasteiger partial charge is 0.248 e. The van der Waals surface area contributed by atoms with E-state index >= 15 is 0 Å². The number of hydrogen-bond donors (Lipinski definition) is 1. The number of primary amides is 1. The Balaban J connectivity index is 1.14. The Morgan fingerprint density at radius 1 is 1.02 bits per heavy atom. The number of amides is 1. The van der Waals surface area contributed by atoms with Crippen molar-refractivity contribution in [3.8, 4) is 0 Å². The molecule has 1 aliphatic carbocycles. The molecule has 1 fully saturated rings. The van der Waals surface area contributed by atoms with Gasteiger partial charge in [0.1, 0.15) is 18.6 Å². The maximum absolute atomic E-state index is 11.5. The molecule has 2 heterocycles. The zero-order valence-electron chi connectivity index (χ0n) is 27.4. The van der Waals surface area contributed by atoms with Crippen molar-refractivity contribution in [1.29, 1.82) is 0 Å². The Morgan fingerprint density at radius 2 is 1.77 bits per heavy atom. The van der Waals surface area contributed by atoms with Crippen LogP contribution in [0.15, 0.2) is 60.3 Å². The molecule has 47 heavy (non-hydrogen) atoms. The Hall–Kier alpha value is -3.57. The maximum Gasteiger partial charge on any atom is 0.248 e. The zero-order valence-corrected chi connectivity index (χ0v) is 28.2. The third-order valence-corrected chi connectivity index (χ3v) is 9.61. The molecule has 2 aliphatic rings. The molecule has 0 bridgehead atoms. The lowest BCUT2D eigenvalue weighted by Gasteiger charge is -2.41. The van der Waals surface area contributed by atoms with Crippen LogP contribution in [0.1, 0.15) is 67.1 Å². The van der Waals surface area contributed by atoms with E-state index < -0.39 is 5.91 Å². The van der Waals surface area contributed by atoms with Gasteiger partial charge in [0.15, 0.2) is 0 Å². The average Bonchev–Trinajstić information content (AvgIpc) is 3.53. The lowest BCUT2D eigenvalue weighted by Crippen LogP contribution is -2.47. The van der Waals surface area contributed by atoms with Crippen LogP contribution in [0.25, 0.3) is 5.57 Å². The Bertz CT molecular complexity index is 1480. The van der Waals surface area contributed by atoms with Crippen LogP contribution < -0.4 is 10.6 Å². The molecular formula is C36H47ClN6O4. The summed E-state index contributed by atoms with van der Waals surface area (Å²) < 4.78 is 12.6. The molecule has 1 unspecified atom stereocenters. The van der Waals surface area contributed by atoms with Gasteiger partial charge in [-0.2, -0.15) is 0 Å². The van der Waals surface area contributed by atoms with Crippen molar-refractivity contribution in [3.63, 3.8) is 0 Å². The third-order valence-electron chi connectivity index (χ3n) is 9.35. The molecule has 11 heteroatoms. The first-order valence-electron chi connectivity index (χ1n) is 16.6. The van der Waals surface area contributed by atoms with Gasteiger partial charge in [-0.05, 0) is 85.1 Å². The van der Waals surface area contributed by atoms with Crippen molar-refractivity contribution in [2.45, 2.75) is 58.6 Å². The first kappa shape index (κ1) is 34.8. The fraction of sp³-hybridized carbons (Fsp3) is 0.500. The first-order chi connectivity index (χ1) is 22.8. The number of ether oxygens (including phenoxy) is 2. The van der Waals surface area contributed by atoms with Gasteiger partial charge in [0.05, 0.1) is 26.0 Å². The molecule has 1 amide bonds. The number of aryl methyl sites for hydroxylation is 1. The molecular weight excluding hydrogens is 616 g/mol. The van der Waals surface area contributed by atoms with Crippen molar-refractivity contribution in [2.75, 3.05) is 57.4 Å². The second-order valence-corrected chi connectivity index (χ2v) is 13.4. The molecule has 0 spiro atoms. The summed E-state index contributed by atoms with van der Waals surface area (Å²) in [5.41, 5.74) is 12.5. The molecule has 252 valence electrons. The lowest BCUT2D eigenvalue weighted by atomic mass is 9.69. The van der Waals surface area contributed by atoms with Crippen molar-refractivity contribution in [1.82, 2.24) is 19.9 Å². The summed E-state index contributed by atoms with van der Waals surface area (Å²) in [5, 5.41) is 9.26. The number of hydrogen-bond acceptors (Lipinski definition) is 8. The first-order valence-corrected chi connectivity index (χ1v) is 17.0. The minimum atomic E-state index is -0.395. The molecule has 0 saturated carbocycles. The summed E-state index contributed by atoms with van der Waals surface area (Å²) >= 11 is 6.25. The topological polar surface area (TPSA) is 116 Å². The minimum Gasteiger partial charge on any atom is -0.373 e. The molecule has 0 radical (unpaired) electrons. The minimum absolute atomic E-state index is 0.0927. The fourth-order valence-corrected chi connectivity index (χ4v) is 6.84. The summed E-state index contributed by atoms with van der Waals surface area (Å²) in [6.07, 6.45) is 9.37. The summed E-state index contributed by atoms with van der Waals surface area (Å²) in [7, 11) is 0. The highest BCUT2D eigenvalue weighted by atomic mass is 35.5. The van der Waals surface area contributed by atoms with Crippen LogP contribution in [0.3, 0.4) is 0 Å². The molecule has 2 aromatic carbocycles. The predicted molar refractivity (Wildman–Crippen MR) is 184 cm³/mol. The number of piperazine rings is 1. The van der Waals surface area contributed by atoms with Gasteiger partial charge >= 0.3 is 0 Å². The van der Waals surface area contributed by atoms with Gasteiger partial charge < -0.3 is 24.9 Å². The average molecular weight is 663 g/mol. The number of unbranched alkanes of at least 4 members (excludes halogenated alkanes) is 1. The van der Waals surface area contributed by atoms with E-state index in [1.54, 1.807) is 5.57 Å². The Morgan fingerprint density at radius 3 is 2.49 bits per heavy atom. The van der Waals surface area contributed by atoms with Crippen LogP contribution in [0, 0.1) is 5.41 Å². The SMILES string of the molecule is CC1(CCCCn2cc(COCCOCC=O)nn2)CCC(c2ccc(Cl)cc2)=C(CN2CCN(c3ccc(C(N)=O)cc3)CC2)C1. The number of aromatic nitrogens is 3. The standard InChI is InChI=1S/C36H47ClN6O4/c1-36(13-2-3-15-43-26-32(39-40-43)27-47-23-22-46-21-20-44)14-12-34(28-4-8-31(37)9-5-28)30(24-36)25-41-16-18-42(19-17-41)33-10-6-29(7-11-33)35(38)45/h4-11,20,26H,2-3,12-19,21-25,27H2,1H3,(H2,38,45). The van der Waals surface area contributed by atoms with Crippen LogP contribution in [0.2, 0.25) is 5.02 Å². The van der Waals surface area contributed by atoms with Crippen molar-refractivity contribution in [3.05, 3.63) is 82.1 Å². The Labute approximate surface area is 282 Å². The summed E-state index contributed by atoms with van der Waals surface area (Å²) in [5.74, 6) is -0.395. The van der Waals surface area contributed by atoms with Gasteiger partial charge in [0.2, 0.25) is 5.91 Å². The van der Waals surface area contributed by atoms with Crippen LogP contribution in [-0.2, 0) is 27.4 Å². The maximum atomic E-state index is 11.5. The molecule has 1 atom stereocenters. The lowest BCUT2D eigenvalue weighted by molar-refractivity contribution is -0.112.